The number of sulfonamides is 1. The largest absolute Gasteiger partial charge is 0.361 e. The molecule has 0 saturated carbocycles. The maximum Gasteiger partial charge on any atom is 0.243 e. The molecule has 1 saturated heterocycles. The summed E-state index contributed by atoms with van der Waals surface area (Å²) in [6, 6.07) is 8.99. The van der Waals surface area contributed by atoms with Gasteiger partial charge in [0.1, 0.15) is 5.82 Å². The van der Waals surface area contributed by atoms with Crippen LogP contribution in [0.2, 0.25) is 0 Å². The fourth-order valence-electron chi connectivity index (χ4n) is 5.18. The van der Waals surface area contributed by atoms with Crippen LogP contribution in [0.25, 0.3) is 10.9 Å². The number of halogens is 1. The standard InChI is InChI=1S/C28H37FN2O2S/c1-17(2)21-13-23(18(3)4)28(24(14-21)19(5)6)34(32,33)31-11-9-20(10-12-31)26-16-30-27-8-7-22(29)15-25(26)27/h7-8,13-20,30H,9-12H2,1-6H3. The number of hydrogen-bond donors (Lipinski definition) is 1. The summed E-state index contributed by atoms with van der Waals surface area (Å²) in [6.45, 7) is 13.5. The fourth-order valence-corrected chi connectivity index (χ4v) is 7.31. The van der Waals surface area contributed by atoms with Gasteiger partial charge >= 0.3 is 0 Å². The third-order valence-electron chi connectivity index (χ3n) is 7.25. The smallest absolute Gasteiger partial charge is 0.243 e. The molecule has 0 radical (unpaired) electrons. The first-order valence-electron chi connectivity index (χ1n) is 12.4. The Morgan fingerprint density at radius 3 is 2.03 bits per heavy atom. The maximum absolute atomic E-state index is 14.0. The van der Waals surface area contributed by atoms with E-state index in [9.17, 15) is 12.8 Å². The SMILES string of the molecule is CC(C)c1cc(C(C)C)c(S(=O)(=O)N2CCC(c3c[nH]c4ccc(F)cc34)CC2)c(C(C)C)c1. The van der Waals surface area contributed by atoms with Gasteiger partial charge in [-0.1, -0.05) is 53.7 Å². The van der Waals surface area contributed by atoms with Crippen LogP contribution in [0.5, 0.6) is 0 Å². The second-order valence-electron chi connectivity index (χ2n) is 10.6. The molecule has 1 N–H and O–H groups in total. The van der Waals surface area contributed by atoms with E-state index in [1.54, 1.807) is 16.4 Å². The number of hydrogen-bond acceptors (Lipinski definition) is 2. The Hall–Kier alpha value is -2.18. The fraction of sp³-hybridized carbons (Fsp3) is 0.500. The minimum absolute atomic E-state index is 0.111. The Morgan fingerprint density at radius 2 is 1.50 bits per heavy atom. The average molecular weight is 485 g/mol. The molecular formula is C28H37FN2O2S. The molecule has 2 heterocycles. The molecule has 1 fully saturated rings. The monoisotopic (exact) mass is 484 g/mol. The molecule has 0 unspecified atom stereocenters. The van der Waals surface area contributed by atoms with Gasteiger partial charge in [0.05, 0.1) is 4.90 Å². The summed E-state index contributed by atoms with van der Waals surface area (Å²) in [5.41, 5.74) is 5.03. The van der Waals surface area contributed by atoms with Crippen LogP contribution in [-0.2, 0) is 10.0 Å². The minimum Gasteiger partial charge on any atom is -0.361 e. The van der Waals surface area contributed by atoms with E-state index in [1.807, 2.05) is 6.20 Å². The molecule has 4 rings (SSSR count). The Bertz CT molecular complexity index is 1250. The summed E-state index contributed by atoms with van der Waals surface area (Å²) in [5.74, 6) is 0.517. The highest BCUT2D eigenvalue weighted by atomic mass is 32.2. The van der Waals surface area contributed by atoms with E-state index in [4.69, 9.17) is 0 Å². The van der Waals surface area contributed by atoms with E-state index >= 15 is 0 Å². The Balaban J connectivity index is 1.66. The number of fused-ring (bicyclic) bond motifs is 1. The topological polar surface area (TPSA) is 53.2 Å². The quantitative estimate of drug-likeness (QED) is 0.401. The number of aromatic amines is 1. The molecule has 6 heteroatoms. The van der Waals surface area contributed by atoms with Gasteiger partial charge in [-0.25, -0.2) is 12.8 Å². The van der Waals surface area contributed by atoms with Gasteiger partial charge in [0.25, 0.3) is 0 Å². The van der Waals surface area contributed by atoms with Gasteiger partial charge in [-0.3, -0.25) is 0 Å². The summed E-state index contributed by atoms with van der Waals surface area (Å²) in [6.07, 6.45) is 3.40. The van der Waals surface area contributed by atoms with Gasteiger partial charge in [-0.2, -0.15) is 4.31 Å². The van der Waals surface area contributed by atoms with Crippen molar-refractivity contribution in [3.8, 4) is 0 Å². The minimum atomic E-state index is -3.63. The molecule has 1 aromatic heterocycles. The predicted molar refractivity (Wildman–Crippen MR) is 138 cm³/mol. The van der Waals surface area contributed by atoms with Crippen LogP contribution in [0.1, 0.15) is 100 Å². The summed E-state index contributed by atoms with van der Waals surface area (Å²) in [5, 5.41) is 0.898. The molecule has 184 valence electrons. The van der Waals surface area contributed by atoms with Crippen LogP contribution < -0.4 is 0 Å². The van der Waals surface area contributed by atoms with E-state index in [0.29, 0.717) is 23.9 Å². The number of H-pyrrole nitrogens is 1. The van der Waals surface area contributed by atoms with E-state index in [1.165, 1.54) is 11.6 Å². The molecule has 0 atom stereocenters. The lowest BCUT2D eigenvalue weighted by atomic mass is 9.89. The second-order valence-corrected chi connectivity index (χ2v) is 12.5. The van der Waals surface area contributed by atoms with Gasteiger partial charge in [0.2, 0.25) is 10.0 Å². The molecule has 0 bridgehead atoms. The summed E-state index contributed by atoms with van der Waals surface area (Å²) >= 11 is 0. The molecule has 4 nitrogen and oxygen atoms in total. The number of benzene rings is 2. The molecule has 1 aliphatic heterocycles. The Labute approximate surface area is 203 Å². The lowest BCUT2D eigenvalue weighted by Crippen LogP contribution is -2.39. The van der Waals surface area contributed by atoms with E-state index < -0.39 is 10.0 Å². The highest BCUT2D eigenvalue weighted by molar-refractivity contribution is 7.89. The molecular weight excluding hydrogens is 447 g/mol. The number of piperidine rings is 1. The lowest BCUT2D eigenvalue weighted by Gasteiger charge is -2.33. The van der Waals surface area contributed by atoms with Gasteiger partial charge in [-0.15, -0.1) is 0 Å². The van der Waals surface area contributed by atoms with E-state index in [2.05, 4.69) is 58.7 Å². The highest BCUT2D eigenvalue weighted by Gasteiger charge is 2.35. The molecule has 2 aromatic carbocycles. The van der Waals surface area contributed by atoms with Crippen molar-refractivity contribution in [1.82, 2.24) is 9.29 Å². The van der Waals surface area contributed by atoms with Crippen LogP contribution >= 0.6 is 0 Å². The normalized spacial score (nSPS) is 16.4. The highest BCUT2D eigenvalue weighted by Crippen LogP contribution is 2.39. The lowest BCUT2D eigenvalue weighted by molar-refractivity contribution is 0.319. The third-order valence-corrected chi connectivity index (χ3v) is 9.28. The van der Waals surface area contributed by atoms with Crippen LogP contribution in [0.3, 0.4) is 0 Å². The van der Waals surface area contributed by atoms with Crippen molar-refractivity contribution in [2.75, 3.05) is 13.1 Å². The number of rotatable bonds is 6. The molecule has 3 aromatic rings. The molecule has 0 amide bonds. The molecule has 34 heavy (non-hydrogen) atoms. The van der Waals surface area contributed by atoms with Gasteiger partial charge in [0, 0.05) is 30.2 Å². The zero-order chi connectivity index (χ0) is 24.8. The summed E-state index contributed by atoms with van der Waals surface area (Å²) in [4.78, 5) is 3.74. The average Bonchev–Trinajstić information content (AvgIpc) is 3.21. The first-order chi connectivity index (χ1) is 16.0. The van der Waals surface area contributed by atoms with Gasteiger partial charge in [0.15, 0.2) is 0 Å². The van der Waals surface area contributed by atoms with E-state index in [0.717, 1.165) is 40.4 Å². The maximum atomic E-state index is 14.0. The molecule has 1 aliphatic rings. The second kappa shape index (κ2) is 9.46. The number of nitrogens with zero attached hydrogens (tertiary/aromatic N) is 1. The van der Waals surface area contributed by atoms with Gasteiger partial charge in [-0.05, 0) is 77.0 Å². The van der Waals surface area contributed by atoms with E-state index in [-0.39, 0.29) is 23.6 Å². The Kier molecular flexibility index (Phi) is 6.94. The number of aromatic nitrogens is 1. The zero-order valence-corrected chi connectivity index (χ0v) is 22.0. The van der Waals surface area contributed by atoms with Crippen molar-refractivity contribution in [1.29, 1.82) is 0 Å². The van der Waals surface area contributed by atoms with Crippen molar-refractivity contribution in [2.24, 2.45) is 0 Å². The van der Waals surface area contributed by atoms with Gasteiger partial charge < -0.3 is 4.98 Å². The van der Waals surface area contributed by atoms with Crippen LogP contribution in [0, 0.1) is 5.82 Å². The van der Waals surface area contributed by atoms with Crippen molar-refractivity contribution in [2.45, 2.75) is 83.0 Å². The van der Waals surface area contributed by atoms with Crippen molar-refractivity contribution >= 4 is 20.9 Å². The first-order valence-corrected chi connectivity index (χ1v) is 13.9. The third kappa shape index (κ3) is 4.55. The number of nitrogens with one attached hydrogen (secondary N) is 1. The first kappa shape index (κ1) is 24.9. The van der Waals surface area contributed by atoms with Crippen LogP contribution in [0.15, 0.2) is 41.4 Å². The van der Waals surface area contributed by atoms with Crippen molar-refractivity contribution in [3.63, 3.8) is 0 Å². The van der Waals surface area contributed by atoms with Crippen LogP contribution in [-0.4, -0.2) is 30.8 Å². The summed E-state index contributed by atoms with van der Waals surface area (Å²) in [7, 11) is -3.63. The van der Waals surface area contributed by atoms with Crippen LogP contribution in [0.4, 0.5) is 4.39 Å². The Morgan fingerprint density at radius 1 is 0.912 bits per heavy atom. The van der Waals surface area contributed by atoms with Crippen molar-refractivity contribution in [3.05, 3.63) is 64.6 Å². The summed E-state index contributed by atoms with van der Waals surface area (Å²) < 4.78 is 43.6. The molecule has 0 aliphatic carbocycles. The zero-order valence-electron chi connectivity index (χ0n) is 21.2. The predicted octanol–water partition coefficient (Wildman–Crippen LogP) is 7.25. The molecule has 0 spiro atoms. The van der Waals surface area contributed by atoms with Crippen molar-refractivity contribution < 1.29 is 12.8 Å².